The van der Waals surface area contributed by atoms with E-state index in [2.05, 4.69) is 132 Å². The number of quaternary nitrogens is 1. The van der Waals surface area contributed by atoms with Crippen molar-refractivity contribution in [2.75, 3.05) is 21.1 Å². The molecular formula is C40H53N2Si+. The molecule has 4 atom stereocenters. The molecule has 4 aliphatic carbocycles. The van der Waals surface area contributed by atoms with Gasteiger partial charge < -0.3 is 0 Å². The van der Waals surface area contributed by atoms with Gasteiger partial charge in [-0.2, -0.15) is 4.67 Å². The van der Waals surface area contributed by atoms with Gasteiger partial charge in [0.2, 0.25) is 0 Å². The Hall–Kier alpha value is -2.46. The van der Waals surface area contributed by atoms with Crippen molar-refractivity contribution in [3.05, 3.63) is 89.5 Å². The van der Waals surface area contributed by atoms with Crippen LogP contribution in [0.2, 0.25) is 18.6 Å². The van der Waals surface area contributed by atoms with Gasteiger partial charge in [-0.15, -0.1) is 0 Å². The Morgan fingerprint density at radius 2 is 1.56 bits per heavy atom. The molecule has 0 aromatic heterocycles. The lowest BCUT2D eigenvalue weighted by Gasteiger charge is -2.54. The Morgan fingerprint density at radius 3 is 2.30 bits per heavy atom. The molecule has 3 heteroatoms. The van der Waals surface area contributed by atoms with Crippen LogP contribution in [0.25, 0.3) is 27.5 Å². The lowest BCUT2D eigenvalue weighted by atomic mass is 9.76. The van der Waals surface area contributed by atoms with Gasteiger partial charge in [0.15, 0.2) is 8.24 Å². The molecule has 3 aromatic carbocycles. The van der Waals surface area contributed by atoms with Crippen molar-refractivity contribution in [3.8, 4) is 11.1 Å². The van der Waals surface area contributed by atoms with Crippen molar-refractivity contribution in [1.82, 2.24) is 4.67 Å². The predicted octanol–water partition coefficient (Wildman–Crippen LogP) is 10.2. The van der Waals surface area contributed by atoms with E-state index in [-0.39, 0.29) is 5.41 Å². The highest BCUT2D eigenvalue weighted by molar-refractivity contribution is 6.76. The standard InChI is InChI=1S/C40H53N2Si/c1-27-23-30-24-36-34-22-21-29(33-20-14-16-28-15-12-13-19-32(28)33)25-37(34)40(2,3)38(36)26-35(30)39(27)43(7,8)41(42(4,5)6)31-17-10-9-11-18-31/h12-16,19-22,24-27,30-31,35,39H,9-11,17-18,23H2,1-8H3/q+1. The Labute approximate surface area is 262 Å². The second-order valence-electron chi connectivity index (χ2n) is 16.3. The Bertz CT molecular complexity index is 1610. The van der Waals surface area contributed by atoms with Crippen molar-refractivity contribution in [2.24, 2.45) is 17.8 Å². The van der Waals surface area contributed by atoms with Crippen LogP contribution in [0.15, 0.2) is 78.4 Å². The van der Waals surface area contributed by atoms with Crippen LogP contribution >= 0.6 is 0 Å². The quantitative estimate of drug-likeness (QED) is 0.163. The molecule has 2 saturated carbocycles. The molecule has 0 bridgehead atoms. The van der Waals surface area contributed by atoms with Crippen molar-refractivity contribution in [2.45, 2.75) is 89.4 Å². The van der Waals surface area contributed by atoms with E-state index in [0.29, 0.717) is 11.8 Å². The minimum atomic E-state index is -1.81. The summed E-state index contributed by atoms with van der Waals surface area (Å²) >= 11 is 0. The Kier molecular flexibility index (Phi) is 7.00. The fraction of sp³-hybridized carbons (Fsp3) is 0.500. The fourth-order valence-electron chi connectivity index (χ4n) is 10.6. The number of hydrogen-bond acceptors (Lipinski definition) is 1. The first kappa shape index (κ1) is 29.3. The highest BCUT2D eigenvalue weighted by Gasteiger charge is 2.57. The van der Waals surface area contributed by atoms with Gasteiger partial charge in [-0.25, -0.2) is 0 Å². The van der Waals surface area contributed by atoms with Crippen molar-refractivity contribution in [1.29, 1.82) is 0 Å². The first-order valence-corrected chi connectivity index (χ1v) is 20.1. The molecule has 0 amide bonds. The monoisotopic (exact) mass is 589 g/mol. The summed E-state index contributed by atoms with van der Waals surface area (Å²) in [5, 5.41) is 2.66. The van der Waals surface area contributed by atoms with E-state index in [1.807, 2.05) is 0 Å². The molecule has 226 valence electrons. The summed E-state index contributed by atoms with van der Waals surface area (Å²) < 4.78 is 4.05. The zero-order valence-electron chi connectivity index (χ0n) is 28.0. The predicted molar refractivity (Wildman–Crippen MR) is 187 cm³/mol. The zero-order chi connectivity index (χ0) is 30.3. The first-order chi connectivity index (χ1) is 20.4. The van der Waals surface area contributed by atoms with Crippen LogP contribution in [0, 0.1) is 17.8 Å². The average molecular weight is 590 g/mol. The normalized spacial score (nSPS) is 27.1. The highest BCUT2D eigenvalue weighted by Crippen LogP contribution is 2.61. The van der Waals surface area contributed by atoms with Crippen LogP contribution < -0.4 is 0 Å². The summed E-state index contributed by atoms with van der Waals surface area (Å²) in [5.41, 5.74) is 9.58. The van der Waals surface area contributed by atoms with Crippen molar-refractivity contribution in [3.63, 3.8) is 0 Å². The number of allylic oxidation sites excluding steroid dienone is 4. The van der Waals surface area contributed by atoms with Crippen LogP contribution in [0.3, 0.4) is 0 Å². The summed E-state index contributed by atoms with van der Waals surface area (Å²) in [7, 11) is 5.53. The van der Waals surface area contributed by atoms with Gasteiger partial charge in [0.05, 0.1) is 21.1 Å². The number of rotatable bonds is 5. The number of benzene rings is 3. The van der Waals surface area contributed by atoms with E-state index >= 15 is 0 Å². The molecule has 0 aliphatic heterocycles. The van der Waals surface area contributed by atoms with Crippen LogP contribution in [-0.2, 0) is 5.41 Å². The lowest BCUT2D eigenvalue weighted by Crippen LogP contribution is -2.69. The second kappa shape index (κ2) is 10.3. The van der Waals surface area contributed by atoms with Crippen LogP contribution in [-0.4, -0.2) is 44.7 Å². The summed E-state index contributed by atoms with van der Waals surface area (Å²) in [5.74, 6) is 2.07. The van der Waals surface area contributed by atoms with Gasteiger partial charge in [0.25, 0.3) is 0 Å². The van der Waals surface area contributed by atoms with E-state index in [0.717, 1.165) is 22.1 Å². The summed E-state index contributed by atoms with van der Waals surface area (Å²) in [6.07, 6.45) is 13.9. The molecular weight excluding hydrogens is 537 g/mol. The van der Waals surface area contributed by atoms with Gasteiger partial charge in [-0.3, -0.25) is 4.59 Å². The minimum Gasteiger partial charge on any atom is -0.258 e. The summed E-state index contributed by atoms with van der Waals surface area (Å²) in [4.78, 5) is 0. The largest absolute Gasteiger partial charge is 0.258 e. The number of nitrogens with zero attached hydrogens (tertiary/aromatic N) is 2. The fourth-order valence-corrected chi connectivity index (χ4v) is 16.5. The van der Waals surface area contributed by atoms with Gasteiger partial charge in [0.1, 0.15) is 0 Å². The SMILES string of the molecule is CC1CC2C=C3C(=CC2C1[Si](C)(C)N(C1CCCCC1)[N+](C)(C)C)C(C)(C)c1cc(-c2cccc4ccccc24)ccc13. The molecule has 2 fully saturated rings. The van der Waals surface area contributed by atoms with Gasteiger partial charge in [-0.05, 0) is 92.8 Å². The van der Waals surface area contributed by atoms with Crippen LogP contribution in [0.1, 0.15) is 70.4 Å². The molecule has 4 aliphatic rings. The third kappa shape index (κ3) is 4.64. The minimum absolute atomic E-state index is 0.0119. The van der Waals surface area contributed by atoms with Gasteiger partial charge in [-0.1, -0.05) is 120 Å². The maximum Gasteiger partial charge on any atom is 0.191 e. The Balaban J connectivity index is 1.28. The third-order valence-corrected chi connectivity index (χ3v) is 16.7. The molecule has 7 rings (SSSR count). The Morgan fingerprint density at radius 1 is 0.837 bits per heavy atom. The number of hydrogen-bond donors (Lipinski definition) is 0. The maximum absolute atomic E-state index is 3.07. The van der Waals surface area contributed by atoms with E-state index in [1.165, 1.54) is 77.1 Å². The van der Waals surface area contributed by atoms with E-state index < -0.39 is 8.24 Å². The molecule has 4 unspecified atom stereocenters. The topological polar surface area (TPSA) is 3.24 Å². The zero-order valence-corrected chi connectivity index (χ0v) is 29.0. The van der Waals surface area contributed by atoms with Crippen molar-refractivity contribution >= 4 is 24.6 Å². The van der Waals surface area contributed by atoms with Gasteiger partial charge in [0, 0.05) is 11.5 Å². The molecule has 43 heavy (non-hydrogen) atoms. The van der Waals surface area contributed by atoms with E-state index in [9.17, 15) is 0 Å². The molecule has 0 spiro atoms. The molecule has 0 N–H and O–H groups in total. The van der Waals surface area contributed by atoms with Crippen LogP contribution in [0.5, 0.6) is 0 Å². The number of fused-ring (bicyclic) bond motifs is 5. The smallest absolute Gasteiger partial charge is 0.191 e. The molecule has 0 radical (unpaired) electrons. The average Bonchev–Trinajstić information content (AvgIpc) is 3.41. The molecule has 3 aromatic rings. The molecule has 0 heterocycles. The highest BCUT2D eigenvalue weighted by atomic mass is 28.3. The first-order valence-electron chi connectivity index (χ1n) is 17.1. The second-order valence-corrected chi connectivity index (χ2v) is 20.7. The summed E-state index contributed by atoms with van der Waals surface area (Å²) in [6, 6.07) is 23.6. The van der Waals surface area contributed by atoms with E-state index in [1.54, 1.807) is 5.57 Å². The van der Waals surface area contributed by atoms with E-state index in [4.69, 9.17) is 0 Å². The van der Waals surface area contributed by atoms with Gasteiger partial charge >= 0.3 is 0 Å². The summed E-state index contributed by atoms with van der Waals surface area (Å²) in [6.45, 7) is 13.0. The van der Waals surface area contributed by atoms with Crippen LogP contribution in [0.4, 0.5) is 0 Å². The molecule has 0 saturated heterocycles. The van der Waals surface area contributed by atoms with Crippen molar-refractivity contribution < 1.29 is 4.59 Å². The third-order valence-electron chi connectivity index (χ3n) is 11.9. The maximum atomic E-state index is 3.07. The molecule has 2 nitrogen and oxygen atoms in total. The lowest BCUT2D eigenvalue weighted by molar-refractivity contribution is -0.975.